The Balaban J connectivity index is 1.46. The molecule has 0 aliphatic carbocycles. The highest BCUT2D eigenvalue weighted by molar-refractivity contribution is 7.10. The van der Waals surface area contributed by atoms with Gasteiger partial charge in [-0.15, -0.1) is 11.3 Å². The van der Waals surface area contributed by atoms with Gasteiger partial charge < -0.3 is 14.6 Å². The number of nitrogens with zero attached hydrogens (tertiary/aromatic N) is 3. The van der Waals surface area contributed by atoms with Crippen LogP contribution in [0.25, 0.3) is 11.4 Å². The molecule has 0 radical (unpaired) electrons. The molecule has 1 amide bonds. The molecule has 4 heterocycles. The maximum absolute atomic E-state index is 12.7. The minimum Gasteiger partial charge on any atom is -0.372 e. The molecule has 4 rings (SSSR count). The molecule has 1 aliphatic heterocycles. The van der Waals surface area contributed by atoms with Crippen molar-refractivity contribution in [3.8, 4) is 11.4 Å². The van der Waals surface area contributed by atoms with Gasteiger partial charge in [-0.2, -0.15) is 4.98 Å². The number of hydrogen-bond acceptors (Lipinski definition) is 7. The minimum absolute atomic E-state index is 0.0916. The van der Waals surface area contributed by atoms with Gasteiger partial charge in [-0.25, -0.2) is 0 Å². The fraction of sp³-hybridized carbons (Fsp3) is 0.400. The van der Waals surface area contributed by atoms with Gasteiger partial charge in [-0.3, -0.25) is 9.78 Å². The molecule has 0 unspecified atom stereocenters. The molecule has 8 heteroatoms. The van der Waals surface area contributed by atoms with E-state index in [2.05, 4.69) is 31.9 Å². The van der Waals surface area contributed by atoms with E-state index in [1.807, 2.05) is 26.0 Å². The molecular formula is C20H22N4O3S. The summed E-state index contributed by atoms with van der Waals surface area (Å²) in [7, 11) is 0. The summed E-state index contributed by atoms with van der Waals surface area (Å²) in [5, 5.41) is 9.13. The lowest BCUT2D eigenvalue weighted by Crippen LogP contribution is -2.33. The molecule has 0 saturated heterocycles. The highest BCUT2D eigenvalue weighted by Gasteiger charge is 2.29. The Morgan fingerprint density at radius 1 is 1.39 bits per heavy atom. The lowest BCUT2D eigenvalue weighted by atomic mass is 10.0. The van der Waals surface area contributed by atoms with Crippen LogP contribution in [0.15, 0.2) is 40.5 Å². The second-order valence-corrected chi connectivity index (χ2v) is 8.06. The van der Waals surface area contributed by atoms with Crippen molar-refractivity contribution in [3.05, 3.63) is 52.3 Å². The van der Waals surface area contributed by atoms with Gasteiger partial charge in [0, 0.05) is 22.8 Å². The largest absolute Gasteiger partial charge is 0.372 e. The first kappa shape index (κ1) is 18.8. The van der Waals surface area contributed by atoms with E-state index >= 15 is 0 Å². The number of nitrogens with one attached hydrogen (secondary N) is 1. The zero-order valence-electron chi connectivity index (χ0n) is 15.8. The molecule has 1 N–H and O–H groups in total. The molecule has 7 nitrogen and oxygen atoms in total. The number of amides is 1. The van der Waals surface area contributed by atoms with Gasteiger partial charge in [0.25, 0.3) is 0 Å². The van der Waals surface area contributed by atoms with Gasteiger partial charge in [0.2, 0.25) is 17.6 Å². The second kappa shape index (κ2) is 8.20. The van der Waals surface area contributed by atoms with E-state index in [4.69, 9.17) is 9.26 Å². The quantitative estimate of drug-likeness (QED) is 0.681. The van der Waals surface area contributed by atoms with Crippen LogP contribution >= 0.6 is 11.3 Å². The number of carbonyl (C=O) groups excluding carboxylic acids is 1. The minimum atomic E-state index is -0.364. The van der Waals surface area contributed by atoms with Crippen molar-refractivity contribution < 1.29 is 14.1 Å². The number of rotatable bonds is 6. The molecule has 2 atom stereocenters. The van der Waals surface area contributed by atoms with Gasteiger partial charge in [-0.1, -0.05) is 19.0 Å². The third-order valence-electron chi connectivity index (χ3n) is 4.75. The fourth-order valence-electron chi connectivity index (χ4n) is 3.26. The molecule has 1 aliphatic rings. The first-order chi connectivity index (χ1) is 13.6. The summed E-state index contributed by atoms with van der Waals surface area (Å²) in [4.78, 5) is 22.4. The van der Waals surface area contributed by atoms with Crippen LogP contribution in [-0.2, 0) is 16.0 Å². The summed E-state index contributed by atoms with van der Waals surface area (Å²) in [5.41, 5.74) is 2.06. The molecule has 3 aromatic heterocycles. The summed E-state index contributed by atoms with van der Waals surface area (Å²) in [5.74, 6) is 0.854. The van der Waals surface area contributed by atoms with Crippen molar-refractivity contribution in [1.82, 2.24) is 20.4 Å². The van der Waals surface area contributed by atoms with Crippen LogP contribution in [-0.4, -0.2) is 27.6 Å². The van der Waals surface area contributed by atoms with Gasteiger partial charge in [0.05, 0.1) is 13.0 Å². The van der Waals surface area contributed by atoms with E-state index < -0.39 is 0 Å². The average molecular weight is 398 g/mol. The number of ether oxygens (including phenoxy) is 1. The van der Waals surface area contributed by atoms with Gasteiger partial charge in [0.1, 0.15) is 12.1 Å². The highest BCUT2D eigenvalue weighted by atomic mass is 32.1. The van der Waals surface area contributed by atoms with Crippen LogP contribution in [0.4, 0.5) is 0 Å². The smallest absolute Gasteiger partial charge is 0.249 e. The zero-order valence-corrected chi connectivity index (χ0v) is 16.6. The molecule has 0 aromatic carbocycles. The van der Waals surface area contributed by atoms with Crippen molar-refractivity contribution in [2.24, 2.45) is 5.92 Å². The van der Waals surface area contributed by atoms with Crippen LogP contribution in [0.1, 0.15) is 48.7 Å². The standard InChI is InChI=1S/C20H22N4O3S/c1-12(2)17(20-23-19(24-27-20)14-4-3-7-21-11-14)22-16(25)10-15-18-13(5-8-26-15)6-9-28-18/h3-4,6-7,9,11-12,15,17H,5,8,10H2,1-2H3,(H,22,25)/t15-,17-/m1/s1. The zero-order chi connectivity index (χ0) is 19.5. The van der Waals surface area contributed by atoms with E-state index in [1.54, 1.807) is 23.7 Å². The summed E-state index contributed by atoms with van der Waals surface area (Å²) in [6.07, 6.45) is 4.36. The number of thiophene rings is 1. The fourth-order valence-corrected chi connectivity index (χ4v) is 4.27. The van der Waals surface area contributed by atoms with Crippen LogP contribution < -0.4 is 5.32 Å². The van der Waals surface area contributed by atoms with Gasteiger partial charge in [0.15, 0.2) is 0 Å². The van der Waals surface area contributed by atoms with Crippen LogP contribution in [0.2, 0.25) is 0 Å². The predicted molar refractivity (Wildman–Crippen MR) is 105 cm³/mol. The van der Waals surface area contributed by atoms with E-state index in [0.717, 1.165) is 16.9 Å². The summed E-state index contributed by atoms with van der Waals surface area (Å²) in [6.45, 7) is 4.66. The summed E-state index contributed by atoms with van der Waals surface area (Å²) < 4.78 is 11.3. The third kappa shape index (κ3) is 3.98. The van der Waals surface area contributed by atoms with Crippen molar-refractivity contribution in [1.29, 1.82) is 0 Å². The van der Waals surface area contributed by atoms with Crippen molar-refractivity contribution in [3.63, 3.8) is 0 Å². The van der Waals surface area contributed by atoms with Crippen molar-refractivity contribution in [2.75, 3.05) is 6.61 Å². The second-order valence-electron chi connectivity index (χ2n) is 7.11. The Kier molecular flexibility index (Phi) is 5.50. The van der Waals surface area contributed by atoms with Crippen molar-refractivity contribution >= 4 is 17.2 Å². The molecular weight excluding hydrogens is 376 g/mol. The number of hydrogen-bond donors (Lipinski definition) is 1. The van der Waals surface area contributed by atoms with E-state index in [9.17, 15) is 4.79 Å². The molecule has 0 saturated carbocycles. The Hall–Kier alpha value is -2.58. The number of carbonyl (C=O) groups is 1. The van der Waals surface area contributed by atoms with Crippen LogP contribution in [0.3, 0.4) is 0 Å². The number of aromatic nitrogens is 3. The summed E-state index contributed by atoms with van der Waals surface area (Å²) >= 11 is 1.65. The van der Waals surface area contributed by atoms with Crippen molar-refractivity contribution in [2.45, 2.75) is 38.8 Å². The number of fused-ring (bicyclic) bond motifs is 1. The molecule has 3 aromatic rings. The first-order valence-corrected chi connectivity index (χ1v) is 10.2. The highest BCUT2D eigenvalue weighted by Crippen LogP contribution is 2.34. The number of pyridine rings is 1. The molecule has 28 heavy (non-hydrogen) atoms. The van der Waals surface area contributed by atoms with Crippen LogP contribution in [0, 0.1) is 5.92 Å². The van der Waals surface area contributed by atoms with E-state index in [1.165, 1.54) is 5.56 Å². The normalized spacial score (nSPS) is 17.3. The maximum atomic E-state index is 12.7. The van der Waals surface area contributed by atoms with Gasteiger partial charge >= 0.3 is 0 Å². The Morgan fingerprint density at radius 3 is 3.07 bits per heavy atom. The SMILES string of the molecule is CC(C)[C@@H](NC(=O)C[C@H]1OCCc2ccsc21)c1nc(-c2cccnc2)no1. The first-order valence-electron chi connectivity index (χ1n) is 9.33. The predicted octanol–water partition coefficient (Wildman–Crippen LogP) is 3.71. The molecule has 0 fully saturated rings. The molecule has 0 spiro atoms. The van der Waals surface area contributed by atoms with E-state index in [-0.39, 0.29) is 30.4 Å². The molecule has 146 valence electrons. The summed E-state index contributed by atoms with van der Waals surface area (Å²) in [6, 6.07) is 5.43. The van der Waals surface area contributed by atoms with Crippen LogP contribution in [0.5, 0.6) is 0 Å². The third-order valence-corrected chi connectivity index (χ3v) is 5.80. The maximum Gasteiger partial charge on any atom is 0.249 e. The lowest BCUT2D eigenvalue weighted by Gasteiger charge is -2.24. The monoisotopic (exact) mass is 398 g/mol. The lowest BCUT2D eigenvalue weighted by molar-refractivity contribution is -0.125. The topological polar surface area (TPSA) is 90.1 Å². The average Bonchev–Trinajstić information content (AvgIpc) is 3.37. The Bertz CT molecular complexity index is 938. The Labute approximate surface area is 167 Å². The van der Waals surface area contributed by atoms with E-state index in [0.29, 0.717) is 18.3 Å². The van der Waals surface area contributed by atoms with Gasteiger partial charge in [-0.05, 0) is 41.5 Å². The Morgan fingerprint density at radius 2 is 2.29 bits per heavy atom. The molecule has 0 bridgehead atoms.